The Morgan fingerprint density at radius 2 is 2.00 bits per heavy atom. The van der Waals surface area contributed by atoms with Crippen LogP contribution in [-0.4, -0.2) is 16.9 Å². The first-order valence-electron chi connectivity index (χ1n) is 6.85. The third-order valence-electron chi connectivity index (χ3n) is 3.12. The highest BCUT2D eigenvalue weighted by Crippen LogP contribution is 2.27. The van der Waals surface area contributed by atoms with Crippen molar-refractivity contribution in [2.75, 3.05) is 5.32 Å². The van der Waals surface area contributed by atoms with Gasteiger partial charge in [0.05, 0.1) is 9.95 Å². The Kier molecular flexibility index (Phi) is 5.18. The summed E-state index contributed by atoms with van der Waals surface area (Å²) in [4.78, 5) is 22.7. The van der Waals surface area contributed by atoms with Gasteiger partial charge in [0.25, 0.3) is 11.6 Å². The number of ether oxygens (including phenoxy) is 1. The lowest BCUT2D eigenvalue weighted by Crippen LogP contribution is -2.30. The molecule has 23 heavy (non-hydrogen) atoms. The van der Waals surface area contributed by atoms with E-state index < -0.39 is 16.9 Å². The Hall–Kier alpha value is -2.60. The summed E-state index contributed by atoms with van der Waals surface area (Å²) < 4.78 is 5.49. The van der Waals surface area contributed by atoms with E-state index in [1.807, 2.05) is 0 Å². The number of nitrogens with zero attached hydrogens (tertiary/aromatic N) is 1. The molecule has 2 aromatic rings. The molecular formula is C16H15ClN2O4. The number of hydrogen-bond acceptors (Lipinski definition) is 4. The van der Waals surface area contributed by atoms with Gasteiger partial charge in [-0.25, -0.2) is 0 Å². The standard InChI is InChI=1S/C16H15ClN2O4/c1-10-7-8-13(14(9-10)19(21)22)18-16(20)11(2)23-15-6-4-3-5-12(15)17/h3-9,11H,1-2H3,(H,18,20). The maximum absolute atomic E-state index is 12.2. The molecule has 2 aromatic carbocycles. The maximum Gasteiger partial charge on any atom is 0.293 e. The van der Waals surface area contributed by atoms with E-state index in [0.717, 1.165) is 5.56 Å². The largest absolute Gasteiger partial charge is 0.479 e. The van der Waals surface area contributed by atoms with Crippen LogP contribution in [0.3, 0.4) is 0 Å². The highest BCUT2D eigenvalue weighted by molar-refractivity contribution is 6.32. The van der Waals surface area contributed by atoms with Crippen molar-refractivity contribution in [1.82, 2.24) is 0 Å². The van der Waals surface area contributed by atoms with Crippen LogP contribution >= 0.6 is 11.6 Å². The van der Waals surface area contributed by atoms with Crippen LogP contribution in [0.25, 0.3) is 0 Å². The summed E-state index contributed by atoms with van der Waals surface area (Å²) in [6.45, 7) is 3.28. The van der Waals surface area contributed by atoms with Crippen LogP contribution < -0.4 is 10.1 Å². The number of carbonyl (C=O) groups is 1. The van der Waals surface area contributed by atoms with Gasteiger partial charge in [-0.2, -0.15) is 0 Å². The number of para-hydroxylation sites is 1. The Labute approximate surface area is 138 Å². The monoisotopic (exact) mass is 334 g/mol. The summed E-state index contributed by atoms with van der Waals surface area (Å²) in [5, 5.41) is 14.0. The lowest BCUT2D eigenvalue weighted by molar-refractivity contribution is -0.384. The second-order valence-corrected chi connectivity index (χ2v) is 5.36. The predicted molar refractivity (Wildman–Crippen MR) is 88.0 cm³/mol. The van der Waals surface area contributed by atoms with Gasteiger partial charge in [-0.3, -0.25) is 14.9 Å². The van der Waals surface area contributed by atoms with Crippen LogP contribution in [0.5, 0.6) is 5.75 Å². The predicted octanol–water partition coefficient (Wildman–Crippen LogP) is 3.96. The van der Waals surface area contributed by atoms with Gasteiger partial charge in [0.15, 0.2) is 6.10 Å². The summed E-state index contributed by atoms with van der Waals surface area (Å²) in [7, 11) is 0. The molecule has 0 saturated heterocycles. The van der Waals surface area contributed by atoms with E-state index in [0.29, 0.717) is 10.8 Å². The molecule has 0 aliphatic heterocycles. The average molecular weight is 335 g/mol. The fraction of sp³-hybridized carbons (Fsp3) is 0.188. The molecule has 0 aliphatic rings. The summed E-state index contributed by atoms with van der Waals surface area (Å²) in [6.07, 6.45) is -0.865. The molecule has 0 fully saturated rings. The second kappa shape index (κ2) is 7.11. The van der Waals surface area contributed by atoms with E-state index in [9.17, 15) is 14.9 Å². The molecule has 0 heterocycles. The zero-order chi connectivity index (χ0) is 17.0. The first kappa shape index (κ1) is 16.8. The normalized spacial score (nSPS) is 11.6. The lowest BCUT2D eigenvalue weighted by Gasteiger charge is -2.15. The molecule has 0 radical (unpaired) electrons. The SMILES string of the molecule is Cc1ccc(NC(=O)C(C)Oc2ccccc2Cl)c([N+](=O)[O-])c1. The van der Waals surface area contributed by atoms with Crippen LogP contribution in [0, 0.1) is 17.0 Å². The summed E-state index contributed by atoms with van der Waals surface area (Å²) in [5.74, 6) is -0.132. The van der Waals surface area contributed by atoms with Crippen molar-refractivity contribution in [3.63, 3.8) is 0 Å². The van der Waals surface area contributed by atoms with E-state index in [2.05, 4.69) is 5.32 Å². The number of hydrogen-bond donors (Lipinski definition) is 1. The van der Waals surface area contributed by atoms with Crippen LogP contribution in [0.2, 0.25) is 5.02 Å². The molecule has 0 bridgehead atoms. The molecule has 7 heteroatoms. The molecule has 0 aromatic heterocycles. The number of nitro benzene ring substituents is 1. The minimum absolute atomic E-state index is 0.125. The first-order chi connectivity index (χ1) is 10.9. The summed E-state index contributed by atoms with van der Waals surface area (Å²) in [6, 6.07) is 11.3. The number of anilines is 1. The van der Waals surface area contributed by atoms with Crippen molar-refractivity contribution in [3.8, 4) is 5.75 Å². The summed E-state index contributed by atoms with van der Waals surface area (Å²) in [5.41, 5.74) is 0.693. The van der Waals surface area contributed by atoms with Crippen LogP contribution in [0.1, 0.15) is 12.5 Å². The molecular weight excluding hydrogens is 320 g/mol. The van der Waals surface area contributed by atoms with E-state index in [1.165, 1.54) is 12.1 Å². The van der Waals surface area contributed by atoms with E-state index in [4.69, 9.17) is 16.3 Å². The zero-order valence-electron chi connectivity index (χ0n) is 12.6. The molecule has 120 valence electrons. The average Bonchev–Trinajstić information content (AvgIpc) is 2.51. The fourth-order valence-corrected chi connectivity index (χ4v) is 2.10. The van der Waals surface area contributed by atoms with E-state index in [-0.39, 0.29) is 11.4 Å². The van der Waals surface area contributed by atoms with Crippen molar-refractivity contribution in [3.05, 3.63) is 63.2 Å². The van der Waals surface area contributed by atoms with Crippen LogP contribution in [0.15, 0.2) is 42.5 Å². The van der Waals surface area contributed by atoms with Gasteiger partial charge in [0.2, 0.25) is 0 Å². The van der Waals surface area contributed by atoms with Crippen molar-refractivity contribution >= 4 is 28.9 Å². The first-order valence-corrected chi connectivity index (χ1v) is 7.23. The van der Waals surface area contributed by atoms with E-state index in [1.54, 1.807) is 44.2 Å². The highest BCUT2D eigenvalue weighted by Gasteiger charge is 2.21. The quantitative estimate of drug-likeness (QED) is 0.662. The Morgan fingerprint density at radius 1 is 1.30 bits per heavy atom. The van der Waals surface area contributed by atoms with Gasteiger partial charge in [0, 0.05) is 6.07 Å². The maximum atomic E-state index is 12.2. The van der Waals surface area contributed by atoms with Gasteiger partial charge in [-0.15, -0.1) is 0 Å². The topological polar surface area (TPSA) is 81.5 Å². The molecule has 1 atom stereocenters. The molecule has 0 saturated carbocycles. The van der Waals surface area contributed by atoms with Gasteiger partial charge in [-0.05, 0) is 37.6 Å². The number of benzene rings is 2. The molecule has 0 aliphatic carbocycles. The van der Waals surface area contributed by atoms with Crippen molar-refractivity contribution in [1.29, 1.82) is 0 Å². The number of amides is 1. The molecule has 1 unspecified atom stereocenters. The molecule has 1 N–H and O–H groups in total. The third kappa shape index (κ3) is 4.20. The number of rotatable bonds is 5. The highest BCUT2D eigenvalue weighted by atomic mass is 35.5. The van der Waals surface area contributed by atoms with E-state index >= 15 is 0 Å². The molecule has 2 rings (SSSR count). The Balaban J connectivity index is 2.13. The number of nitro groups is 1. The minimum atomic E-state index is -0.865. The number of carbonyl (C=O) groups excluding carboxylic acids is 1. The molecule has 1 amide bonds. The number of nitrogens with one attached hydrogen (secondary N) is 1. The van der Waals surface area contributed by atoms with Crippen LogP contribution in [-0.2, 0) is 4.79 Å². The lowest BCUT2D eigenvalue weighted by atomic mass is 10.2. The number of halogens is 1. The second-order valence-electron chi connectivity index (χ2n) is 4.96. The number of aryl methyl sites for hydroxylation is 1. The molecule has 0 spiro atoms. The smallest absolute Gasteiger partial charge is 0.293 e. The van der Waals surface area contributed by atoms with Crippen LogP contribution in [0.4, 0.5) is 11.4 Å². The summed E-state index contributed by atoms with van der Waals surface area (Å²) >= 11 is 5.97. The Morgan fingerprint density at radius 3 is 2.65 bits per heavy atom. The zero-order valence-corrected chi connectivity index (χ0v) is 13.3. The third-order valence-corrected chi connectivity index (χ3v) is 3.43. The van der Waals surface area contributed by atoms with Crippen molar-refractivity contribution < 1.29 is 14.5 Å². The van der Waals surface area contributed by atoms with Crippen molar-refractivity contribution in [2.24, 2.45) is 0 Å². The molecule has 6 nitrogen and oxygen atoms in total. The fourth-order valence-electron chi connectivity index (χ4n) is 1.92. The van der Waals surface area contributed by atoms with Gasteiger partial charge in [-0.1, -0.05) is 29.8 Å². The minimum Gasteiger partial charge on any atom is -0.479 e. The van der Waals surface area contributed by atoms with Gasteiger partial charge < -0.3 is 10.1 Å². The van der Waals surface area contributed by atoms with Gasteiger partial charge in [0.1, 0.15) is 11.4 Å². The van der Waals surface area contributed by atoms with Gasteiger partial charge >= 0.3 is 0 Å². The van der Waals surface area contributed by atoms with Crippen molar-refractivity contribution in [2.45, 2.75) is 20.0 Å². The Bertz CT molecular complexity index is 749.